The zero-order valence-electron chi connectivity index (χ0n) is 11.7. The summed E-state index contributed by atoms with van der Waals surface area (Å²) in [6, 6.07) is 0. The van der Waals surface area contributed by atoms with E-state index in [-0.39, 0.29) is 5.91 Å². The van der Waals surface area contributed by atoms with Crippen LogP contribution in [0, 0.1) is 0 Å². The summed E-state index contributed by atoms with van der Waals surface area (Å²) in [5, 5.41) is 12.8. The number of aromatic nitrogens is 1. The van der Waals surface area contributed by atoms with E-state index in [9.17, 15) is 9.90 Å². The number of nitrogens with zero attached hydrogens (tertiary/aromatic N) is 3. The first-order valence-electron chi connectivity index (χ1n) is 6.50. The van der Waals surface area contributed by atoms with Gasteiger partial charge in [0.25, 0.3) is 0 Å². The molecule has 0 radical (unpaired) electrons. The first-order chi connectivity index (χ1) is 8.92. The molecule has 0 saturated carbocycles. The van der Waals surface area contributed by atoms with Gasteiger partial charge < -0.3 is 10.0 Å². The summed E-state index contributed by atoms with van der Waals surface area (Å²) >= 11 is 1.53. The van der Waals surface area contributed by atoms with E-state index in [0.717, 1.165) is 23.7 Å². The van der Waals surface area contributed by atoms with Crippen molar-refractivity contribution in [3.63, 3.8) is 0 Å². The molecule has 1 amide bonds. The molecule has 0 spiro atoms. The van der Waals surface area contributed by atoms with Gasteiger partial charge in [-0.2, -0.15) is 0 Å². The molecular weight excluding hydrogens is 262 g/mol. The Bertz CT molecular complexity index is 452. The average molecular weight is 283 g/mol. The molecule has 106 valence electrons. The molecule has 2 rings (SSSR count). The Hall–Kier alpha value is -0.980. The minimum absolute atomic E-state index is 0.0743. The third-order valence-electron chi connectivity index (χ3n) is 3.48. The fourth-order valence-electron chi connectivity index (χ4n) is 2.14. The quantitative estimate of drug-likeness (QED) is 0.865. The molecule has 0 aliphatic carbocycles. The lowest BCUT2D eigenvalue weighted by Crippen LogP contribution is -2.60. The number of rotatable bonds is 5. The fraction of sp³-hybridized carbons (Fsp3) is 0.692. The normalized spacial score (nSPS) is 18.1. The highest BCUT2D eigenvalue weighted by Crippen LogP contribution is 2.26. The maximum Gasteiger partial charge on any atom is 0.228 e. The number of carbonyl (C=O) groups excluding carboxylic acids is 1. The molecule has 19 heavy (non-hydrogen) atoms. The molecule has 0 bridgehead atoms. The predicted molar refractivity (Wildman–Crippen MR) is 75.0 cm³/mol. The highest BCUT2D eigenvalue weighted by molar-refractivity contribution is 7.09. The van der Waals surface area contributed by atoms with Crippen LogP contribution in [0.2, 0.25) is 0 Å². The summed E-state index contributed by atoms with van der Waals surface area (Å²) in [7, 11) is 3.50. The Morgan fingerprint density at radius 3 is 2.84 bits per heavy atom. The molecule has 1 fully saturated rings. The van der Waals surface area contributed by atoms with Crippen LogP contribution in [0.15, 0.2) is 5.38 Å². The molecule has 0 aromatic carbocycles. The Balaban J connectivity index is 1.84. The van der Waals surface area contributed by atoms with Gasteiger partial charge in [-0.1, -0.05) is 6.92 Å². The van der Waals surface area contributed by atoms with Crippen molar-refractivity contribution in [1.82, 2.24) is 14.8 Å². The van der Waals surface area contributed by atoms with E-state index in [2.05, 4.69) is 9.88 Å². The van der Waals surface area contributed by atoms with E-state index >= 15 is 0 Å². The summed E-state index contributed by atoms with van der Waals surface area (Å²) in [6.45, 7) is 4.19. The van der Waals surface area contributed by atoms with Crippen molar-refractivity contribution >= 4 is 17.2 Å². The van der Waals surface area contributed by atoms with Crippen LogP contribution in [-0.2, 0) is 17.8 Å². The average Bonchev–Trinajstić information content (AvgIpc) is 2.74. The number of thiazole rings is 1. The van der Waals surface area contributed by atoms with Crippen LogP contribution >= 0.6 is 11.3 Å². The summed E-state index contributed by atoms with van der Waals surface area (Å²) < 4.78 is 0. The van der Waals surface area contributed by atoms with E-state index < -0.39 is 5.60 Å². The Kier molecular flexibility index (Phi) is 4.23. The van der Waals surface area contributed by atoms with Crippen LogP contribution in [-0.4, -0.2) is 58.6 Å². The second-order valence-electron chi connectivity index (χ2n) is 5.42. The molecule has 2 heterocycles. The molecular formula is C13H21N3O2S. The minimum atomic E-state index is -0.500. The zero-order chi connectivity index (χ0) is 14.0. The first-order valence-corrected chi connectivity index (χ1v) is 7.38. The third kappa shape index (κ3) is 3.52. The number of likely N-dealkylation sites (tertiary alicyclic amines) is 1. The van der Waals surface area contributed by atoms with Gasteiger partial charge in [-0.05, 0) is 6.42 Å². The van der Waals surface area contributed by atoms with Crippen molar-refractivity contribution in [2.45, 2.75) is 31.9 Å². The molecule has 1 aromatic rings. The van der Waals surface area contributed by atoms with Crippen molar-refractivity contribution in [3.05, 3.63) is 16.1 Å². The number of β-amino-alcohol motifs (C(OH)–C–C–N with tert-alkyl or cyclic N) is 1. The molecule has 0 atom stereocenters. The van der Waals surface area contributed by atoms with Gasteiger partial charge in [-0.15, -0.1) is 11.3 Å². The van der Waals surface area contributed by atoms with Crippen molar-refractivity contribution < 1.29 is 9.90 Å². The van der Waals surface area contributed by atoms with E-state index in [1.807, 2.05) is 12.3 Å². The molecule has 1 saturated heterocycles. The van der Waals surface area contributed by atoms with Crippen LogP contribution in [0.25, 0.3) is 0 Å². The highest BCUT2D eigenvalue weighted by Gasteiger charge is 2.39. The van der Waals surface area contributed by atoms with Crippen LogP contribution in [0.3, 0.4) is 0 Å². The van der Waals surface area contributed by atoms with Gasteiger partial charge in [0, 0.05) is 39.1 Å². The lowest BCUT2D eigenvalue weighted by atomic mass is 9.91. The summed E-state index contributed by atoms with van der Waals surface area (Å²) in [4.78, 5) is 19.8. The van der Waals surface area contributed by atoms with Crippen LogP contribution in [0.4, 0.5) is 0 Å². The molecule has 1 aliphatic rings. The molecule has 1 aromatic heterocycles. The lowest BCUT2D eigenvalue weighted by molar-refractivity contribution is -0.127. The highest BCUT2D eigenvalue weighted by atomic mass is 32.1. The second-order valence-corrected chi connectivity index (χ2v) is 6.36. The topological polar surface area (TPSA) is 56.7 Å². The number of carbonyl (C=O) groups is 1. The number of likely N-dealkylation sites (N-methyl/N-ethyl adjacent to an activating group) is 1. The summed E-state index contributed by atoms with van der Waals surface area (Å²) in [6.07, 6.45) is 1.17. The summed E-state index contributed by atoms with van der Waals surface area (Å²) in [5.74, 6) is 0.0743. The Morgan fingerprint density at radius 1 is 1.58 bits per heavy atom. The van der Waals surface area contributed by atoms with Crippen molar-refractivity contribution in [1.29, 1.82) is 0 Å². The van der Waals surface area contributed by atoms with E-state index in [1.54, 1.807) is 19.0 Å². The van der Waals surface area contributed by atoms with Gasteiger partial charge in [0.2, 0.25) is 5.91 Å². The first kappa shape index (κ1) is 14.4. The van der Waals surface area contributed by atoms with E-state index in [0.29, 0.717) is 19.5 Å². The molecule has 1 N–H and O–H groups in total. The summed E-state index contributed by atoms with van der Waals surface area (Å²) in [5.41, 5.74) is 0.490. The van der Waals surface area contributed by atoms with Crippen LogP contribution < -0.4 is 0 Å². The van der Waals surface area contributed by atoms with Gasteiger partial charge in [0.05, 0.1) is 17.7 Å². The standard InChI is InChI=1S/C13H21N3O2S/c1-4-13(18)8-16(9-13)6-10-7-19-11(14-10)5-12(17)15(2)3/h7,18H,4-6,8-9H2,1-3H3. The fourth-order valence-corrected chi connectivity index (χ4v) is 2.92. The second kappa shape index (κ2) is 5.56. The maximum absolute atomic E-state index is 11.6. The molecule has 1 aliphatic heterocycles. The van der Waals surface area contributed by atoms with Crippen molar-refractivity contribution in [2.24, 2.45) is 0 Å². The maximum atomic E-state index is 11.6. The molecule has 5 nitrogen and oxygen atoms in total. The van der Waals surface area contributed by atoms with Crippen molar-refractivity contribution in [3.8, 4) is 0 Å². The van der Waals surface area contributed by atoms with Gasteiger partial charge in [0.1, 0.15) is 5.01 Å². The van der Waals surface area contributed by atoms with Crippen LogP contribution in [0.5, 0.6) is 0 Å². The minimum Gasteiger partial charge on any atom is -0.387 e. The van der Waals surface area contributed by atoms with E-state index in [1.165, 1.54) is 11.3 Å². The number of amides is 1. The Labute approximate surface area is 117 Å². The van der Waals surface area contributed by atoms with Gasteiger partial charge >= 0.3 is 0 Å². The number of hydrogen-bond acceptors (Lipinski definition) is 5. The predicted octanol–water partition coefficient (Wildman–Crippen LogP) is 0.730. The van der Waals surface area contributed by atoms with Crippen molar-refractivity contribution in [2.75, 3.05) is 27.2 Å². The largest absolute Gasteiger partial charge is 0.387 e. The third-order valence-corrected chi connectivity index (χ3v) is 4.38. The van der Waals surface area contributed by atoms with Gasteiger partial charge in [0.15, 0.2) is 0 Å². The van der Waals surface area contributed by atoms with Crippen LogP contribution in [0.1, 0.15) is 24.0 Å². The van der Waals surface area contributed by atoms with E-state index in [4.69, 9.17) is 0 Å². The Morgan fingerprint density at radius 2 is 2.26 bits per heavy atom. The monoisotopic (exact) mass is 283 g/mol. The number of hydrogen-bond donors (Lipinski definition) is 1. The molecule has 6 heteroatoms. The SMILES string of the molecule is CCC1(O)CN(Cc2csc(CC(=O)N(C)C)n2)C1. The smallest absolute Gasteiger partial charge is 0.228 e. The van der Waals surface area contributed by atoms with Gasteiger partial charge in [-0.3, -0.25) is 9.69 Å². The zero-order valence-corrected chi connectivity index (χ0v) is 12.5. The number of aliphatic hydroxyl groups is 1. The molecule has 0 unspecified atom stereocenters. The van der Waals surface area contributed by atoms with Gasteiger partial charge in [-0.25, -0.2) is 4.98 Å². The lowest BCUT2D eigenvalue weighted by Gasteiger charge is -2.45.